The van der Waals surface area contributed by atoms with Gasteiger partial charge in [-0.3, -0.25) is 9.36 Å². The lowest BCUT2D eigenvalue weighted by atomic mass is 9.67. The highest BCUT2D eigenvalue weighted by molar-refractivity contribution is 5.70. The molecular weight excluding hydrogens is 707 g/mol. The number of aromatic nitrogens is 4. The Balaban J connectivity index is 1.000. The number of ether oxygens (including phenoxy) is 2. The highest BCUT2D eigenvalue weighted by Crippen LogP contribution is 2.43. The van der Waals surface area contributed by atoms with Gasteiger partial charge in [-0.1, -0.05) is 129 Å². The summed E-state index contributed by atoms with van der Waals surface area (Å²) in [4.78, 5) is 19.4. The van der Waals surface area contributed by atoms with Gasteiger partial charge in [0.05, 0.1) is 35.6 Å². The normalized spacial score (nSPS) is 18.2. The predicted molar refractivity (Wildman–Crippen MR) is 231 cm³/mol. The summed E-state index contributed by atoms with van der Waals surface area (Å²) in [7, 11) is 0. The van der Waals surface area contributed by atoms with E-state index < -0.39 is 0 Å². The van der Waals surface area contributed by atoms with E-state index in [-0.39, 0.29) is 23.3 Å². The topological polar surface area (TPSA) is 94.4 Å². The number of hydrogen-bond acceptors (Lipinski definition) is 6. The van der Waals surface area contributed by atoms with Gasteiger partial charge in [-0.15, -0.1) is 0 Å². The van der Waals surface area contributed by atoms with E-state index in [9.17, 15) is 10.1 Å². The molecule has 2 fully saturated rings. The lowest BCUT2D eigenvalue weighted by Crippen LogP contribution is -2.35. The molecule has 2 aliphatic rings. The molecule has 308 valence electrons. The molecule has 0 unspecified atom stereocenters. The molecule has 0 bridgehead atoms. The number of hydrogen-bond donors (Lipinski definition) is 0. The first kappa shape index (κ1) is 42.8. The van der Waals surface area contributed by atoms with Crippen molar-refractivity contribution in [1.82, 2.24) is 19.2 Å². The van der Waals surface area contributed by atoms with E-state index in [0.29, 0.717) is 41.0 Å². The summed E-state index contributed by atoms with van der Waals surface area (Å²) in [5, 5.41) is 14.5. The molecule has 8 heteroatoms. The predicted octanol–water partition coefficient (Wildman–Crippen LogP) is 11.5. The summed E-state index contributed by atoms with van der Waals surface area (Å²) in [5.41, 5.74) is 6.08. The molecule has 4 aromatic rings. The van der Waals surface area contributed by atoms with Crippen LogP contribution in [0.25, 0.3) is 16.9 Å². The van der Waals surface area contributed by atoms with Gasteiger partial charge in [0.15, 0.2) is 0 Å². The van der Waals surface area contributed by atoms with E-state index in [2.05, 4.69) is 71.9 Å². The summed E-state index contributed by atoms with van der Waals surface area (Å²) >= 11 is 0. The van der Waals surface area contributed by atoms with Gasteiger partial charge in [0.2, 0.25) is 5.78 Å². The van der Waals surface area contributed by atoms with E-state index in [1.807, 2.05) is 40.3 Å². The second-order valence-corrected chi connectivity index (χ2v) is 18.9. The van der Waals surface area contributed by atoms with Crippen LogP contribution in [0, 0.1) is 29.1 Å². The highest BCUT2D eigenvalue weighted by Gasteiger charge is 2.45. The van der Waals surface area contributed by atoms with Crippen LogP contribution in [-0.4, -0.2) is 44.1 Å². The number of fused-ring (bicyclic) bond motifs is 1. The standard InChI is InChI=1S/C49H69N5O3/c1-8-18-44-43(33-37-21-23-38(24-22-37)42-20-15-14-19-39(42)34-50)45(55)53(46-51-36(2)52-54(44)46)40-25-27-41(28-26-40)56-35-49(30-31-49)57-32-17-13-11-9-10-12-16-29-48(6,7)47(3,4)5/h14-15,19-24,40-41H,8-13,16-18,25-33,35H2,1-7H3. The maximum Gasteiger partial charge on any atom is 0.259 e. The number of aryl methyl sites for hydroxylation is 2. The quantitative estimate of drug-likeness (QED) is 0.0830. The maximum absolute atomic E-state index is 14.6. The van der Waals surface area contributed by atoms with Crippen LogP contribution < -0.4 is 5.56 Å². The van der Waals surface area contributed by atoms with Crippen LogP contribution in [0.4, 0.5) is 0 Å². The minimum absolute atomic E-state index is 0.0456. The van der Waals surface area contributed by atoms with Crippen LogP contribution in [0.5, 0.6) is 0 Å². The first-order valence-corrected chi connectivity index (χ1v) is 22.2. The molecule has 6 rings (SSSR count). The zero-order chi connectivity index (χ0) is 40.6. The average molecular weight is 776 g/mol. The van der Waals surface area contributed by atoms with E-state index in [1.165, 1.54) is 44.9 Å². The molecule has 2 heterocycles. The zero-order valence-electron chi connectivity index (χ0n) is 36.2. The molecule has 0 amide bonds. The number of nitriles is 1. The molecule has 57 heavy (non-hydrogen) atoms. The van der Waals surface area contributed by atoms with Gasteiger partial charge in [-0.25, -0.2) is 4.52 Å². The molecule has 0 atom stereocenters. The SMILES string of the molecule is CCCc1c(Cc2ccc(-c3ccccc3C#N)cc2)c(=O)n(C2CCC(OCC3(OCCCCCCCCCC(C)(C)C(C)(C)C)CC3)CC2)c2nc(C)nn12. The molecule has 8 nitrogen and oxygen atoms in total. The molecule has 0 aliphatic heterocycles. The molecule has 0 radical (unpaired) electrons. The lowest BCUT2D eigenvalue weighted by Gasteiger charge is -2.39. The fourth-order valence-corrected chi connectivity index (χ4v) is 8.49. The van der Waals surface area contributed by atoms with Crippen molar-refractivity contribution in [3.8, 4) is 17.2 Å². The van der Waals surface area contributed by atoms with Crippen molar-refractivity contribution >= 4 is 5.78 Å². The molecule has 2 aromatic carbocycles. The number of nitrogens with zero attached hydrogens (tertiary/aromatic N) is 5. The van der Waals surface area contributed by atoms with Gasteiger partial charge < -0.3 is 9.47 Å². The van der Waals surface area contributed by atoms with Crippen LogP contribution in [0.15, 0.2) is 53.3 Å². The highest BCUT2D eigenvalue weighted by atomic mass is 16.6. The largest absolute Gasteiger partial charge is 0.375 e. The molecular formula is C49H69N5O3. The van der Waals surface area contributed by atoms with Crippen LogP contribution in [0.2, 0.25) is 0 Å². The monoisotopic (exact) mass is 776 g/mol. The van der Waals surface area contributed by atoms with Gasteiger partial charge in [0, 0.05) is 24.6 Å². The average Bonchev–Trinajstić information content (AvgIpc) is 3.87. The minimum Gasteiger partial charge on any atom is -0.375 e. The van der Waals surface area contributed by atoms with Gasteiger partial charge in [0.1, 0.15) is 5.82 Å². The summed E-state index contributed by atoms with van der Waals surface area (Å²) < 4.78 is 16.9. The van der Waals surface area contributed by atoms with Gasteiger partial charge >= 0.3 is 0 Å². The third-order valence-corrected chi connectivity index (χ3v) is 13.5. The van der Waals surface area contributed by atoms with Gasteiger partial charge in [0.25, 0.3) is 5.56 Å². The Kier molecular flexibility index (Phi) is 14.2. The van der Waals surface area contributed by atoms with Crippen molar-refractivity contribution in [2.24, 2.45) is 10.8 Å². The van der Waals surface area contributed by atoms with E-state index in [1.54, 1.807) is 0 Å². The van der Waals surface area contributed by atoms with Crippen LogP contribution in [0.1, 0.15) is 172 Å². The Morgan fingerprint density at radius 1 is 0.895 bits per heavy atom. The third-order valence-electron chi connectivity index (χ3n) is 13.5. The molecule has 2 aliphatic carbocycles. The number of rotatable bonds is 20. The molecule has 2 aromatic heterocycles. The van der Waals surface area contributed by atoms with Gasteiger partial charge in [-0.05, 0) is 98.3 Å². The van der Waals surface area contributed by atoms with E-state index >= 15 is 0 Å². The van der Waals surface area contributed by atoms with Crippen molar-refractivity contribution in [2.45, 2.75) is 175 Å². The van der Waals surface area contributed by atoms with E-state index in [0.717, 1.165) is 92.3 Å². The lowest BCUT2D eigenvalue weighted by molar-refractivity contribution is -0.0705. The summed E-state index contributed by atoms with van der Waals surface area (Å²) in [6, 6.07) is 18.3. The number of benzene rings is 2. The second kappa shape index (κ2) is 18.9. The van der Waals surface area contributed by atoms with Gasteiger partial charge in [-0.2, -0.15) is 15.3 Å². The Morgan fingerprint density at radius 2 is 1.56 bits per heavy atom. The Hall–Kier alpha value is -3.80. The molecule has 2 saturated carbocycles. The molecule has 0 saturated heterocycles. The summed E-state index contributed by atoms with van der Waals surface area (Å²) in [6.45, 7) is 17.5. The van der Waals surface area contributed by atoms with Crippen molar-refractivity contribution in [3.05, 3.63) is 87.1 Å². The third kappa shape index (κ3) is 10.6. The molecule has 0 N–H and O–H groups in total. The fraction of sp³-hybridized carbons (Fsp3) is 0.633. The van der Waals surface area contributed by atoms with Crippen molar-refractivity contribution < 1.29 is 9.47 Å². The Bertz CT molecular complexity index is 2020. The number of unbranched alkanes of at least 4 members (excludes halogenated alkanes) is 6. The van der Waals surface area contributed by atoms with Crippen LogP contribution in [-0.2, 0) is 22.3 Å². The summed E-state index contributed by atoms with van der Waals surface area (Å²) in [6.07, 6.45) is 18.5. The first-order valence-electron chi connectivity index (χ1n) is 22.2. The second-order valence-electron chi connectivity index (χ2n) is 18.9. The van der Waals surface area contributed by atoms with Crippen molar-refractivity contribution in [1.29, 1.82) is 5.26 Å². The molecule has 0 spiro atoms. The fourth-order valence-electron chi connectivity index (χ4n) is 8.49. The van der Waals surface area contributed by atoms with Crippen molar-refractivity contribution in [3.63, 3.8) is 0 Å². The Labute approximate surface area is 342 Å². The van der Waals surface area contributed by atoms with Crippen molar-refractivity contribution in [2.75, 3.05) is 13.2 Å². The summed E-state index contributed by atoms with van der Waals surface area (Å²) in [5.74, 6) is 1.33. The zero-order valence-corrected chi connectivity index (χ0v) is 36.2. The van der Waals surface area contributed by atoms with E-state index in [4.69, 9.17) is 19.6 Å². The first-order chi connectivity index (χ1) is 27.3. The minimum atomic E-state index is -0.0832. The van der Waals surface area contributed by atoms with Crippen LogP contribution >= 0.6 is 0 Å². The smallest absolute Gasteiger partial charge is 0.259 e. The Morgan fingerprint density at radius 3 is 2.21 bits per heavy atom. The van der Waals surface area contributed by atoms with Crippen LogP contribution in [0.3, 0.4) is 0 Å². The maximum atomic E-state index is 14.6.